The zero-order chi connectivity index (χ0) is 20.1. The highest BCUT2D eigenvalue weighted by molar-refractivity contribution is 6.88. The van der Waals surface area contributed by atoms with E-state index in [1.54, 1.807) is 0 Å². The molecular weight excluding hydrogens is 358 g/mol. The summed E-state index contributed by atoms with van der Waals surface area (Å²) >= 11 is 0. The Morgan fingerprint density at radius 2 is 1.39 bits per heavy atom. The second-order valence-corrected chi connectivity index (χ2v) is 14.6. The molecule has 0 N–H and O–H groups in total. The van der Waals surface area contributed by atoms with Gasteiger partial charge in [-0.15, -0.1) is 0 Å². The molecule has 0 bridgehead atoms. The Balaban J connectivity index is 1.92. The third-order valence-corrected chi connectivity index (χ3v) is 7.35. The van der Waals surface area contributed by atoms with Crippen LogP contribution >= 0.6 is 0 Å². The van der Waals surface area contributed by atoms with Crippen LogP contribution in [-0.4, -0.2) is 13.6 Å². The van der Waals surface area contributed by atoms with Crippen molar-refractivity contribution in [2.24, 2.45) is 0 Å². The number of hydrogen-bond donors (Lipinski definition) is 0. The number of fused-ring (bicyclic) bond motifs is 3. The molecule has 1 aromatic heterocycles. The maximum absolute atomic E-state index is 6.32. The van der Waals surface area contributed by atoms with Gasteiger partial charge >= 0.3 is 0 Å². The zero-order valence-corrected chi connectivity index (χ0v) is 18.7. The van der Waals surface area contributed by atoms with Gasteiger partial charge in [0.15, 0.2) is 5.58 Å². The van der Waals surface area contributed by atoms with Crippen LogP contribution in [0.3, 0.4) is 0 Å². The third-order valence-electron chi connectivity index (χ3n) is 5.29. The first-order valence-corrected chi connectivity index (χ1v) is 13.5. The normalized spacial score (nSPS) is 12.6. The highest BCUT2D eigenvalue weighted by atomic mass is 28.3. The molecule has 0 aliphatic carbocycles. The molecule has 0 unspecified atom stereocenters. The summed E-state index contributed by atoms with van der Waals surface area (Å²) < 4.78 is 6.32. The standard InChI is InChI=1S/C25H29NOSi/c1-25(2,3)26(18-14-16-19(17-15-18)28(4,5)6)22-12-9-11-21-20-10-7-8-13-23(20)27-24(21)22/h7-17H,1-6H3. The molecule has 4 rings (SSSR count). The van der Waals surface area contributed by atoms with E-state index < -0.39 is 8.07 Å². The summed E-state index contributed by atoms with van der Waals surface area (Å²) in [4.78, 5) is 2.39. The Bertz CT molecular complexity index is 1130. The van der Waals surface area contributed by atoms with Crippen LogP contribution in [0.4, 0.5) is 11.4 Å². The molecule has 0 amide bonds. The van der Waals surface area contributed by atoms with Crippen molar-refractivity contribution < 1.29 is 4.42 Å². The molecule has 0 radical (unpaired) electrons. The number of hydrogen-bond acceptors (Lipinski definition) is 2. The first-order valence-electron chi connectivity index (χ1n) is 9.97. The highest BCUT2D eigenvalue weighted by Gasteiger charge is 2.27. The SMILES string of the molecule is CC(C)(C)N(c1ccc([Si](C)(C)C)cc1)c1cccc2c1oc1ccccc12. The lowest BCUT2D eigenvalue weighted by Crippen LogP contribution is -2.39. The first-order chi connectivity index (χ1) is 13.2. The van der Waals surface area contributed by atoms with E-state index in [2.05, 4.69) is 99.9 Å². The lowest BCUT2D eigenvalue weighted by Gasteiger charge is -2.38. The van der Waals surface area contributed by atoms with Crippen molar-refractivity contribution in [3.8, 4) is 0 Å². The molecule has 0 spiro atoms. The van der Waals surface area contributed by atoms with E-state index in [0.29, 0.717) is 0 Å². The van der Waals surface area contributed by atoms with E-state index in [0.717, 1.165) is 16.9 Å². The summed E-state index contributed by atoms with van der Waals surface area (Å²) in [5.74, 6) is 0. The van der Waals surface area contributed by atoms with Crippen molar-refractivity contribution in [2.45, 2.75) is 46.0 Å². The molecule has 0 saturated heterocycles. The van der Waals surface area contributed by atoms with Crippen LogP contribution < -0.4 is 10.1 Å². The maximum atomic E-state index is 6.32. The Hall–Kier alpha value is -2.52. The fourth-order valence-electron chi connectivity index (χ4n) is 3.91. The van der Waals surface area contributed by atoms with E-state index in [-0.39, 0.29) is 5.54 Å². The van der Waals surface area contributed by atoms with Crippen molar-refractivity contribution in [2.75, 3.05) is 4.90 Å². The summed E-state index contributed by atoms with van der Waals surface area (Å²) in [7, 11) is -1.32. The molecule has 1 heterocycles. The zero-order valence-electron chi connectivity index (χ0n) is 17.7. The number of furan rings is 1. The van der Waals surface area contributed by atoms with Crippen molar-refractivity contribution in [3.63, 3.8) is 0 Å². The van der Waals surface area contributed by atoms with E-state index in [4.69, 9.17) is 4.42 Å². The van der Waals surface area contributed by atoms with E-state index >= 15 is 0 Å². The van der Waals surface area contributed by atoms with E-state index in [1.807, 2.05) is 12.1 Å². The van der Waals surface area contributed by atoms with Crippen LogP contribution in [0, 0.1) is 0 Å². The number of para-hydroxylation sites is 2. The third kappa shape index (κ3) is 3.24. The van der Waals surface area contributed by atoms with Crippen molar-refractivity contribution >= 4 is 46.6 Å². The summed E-state index contributed by atoms with van der Waals surface area (Å²) in [6.07, 6.45) is 0. The molecule has 0 fully saturated rings. The topological polar surface area (TPSA) is 16.4 Å². The maximum Gasteiger partial charge on any atom is 0.159 e. The van der Waals surface area contributed by atoms with Crippen LogP contribution in [-0.2, 0) is 0 Å². The Morgan fingerprint density at radius 3 is 2.04 bits per heavy atom. The van der Waals surface area contributed by atoms with Crippen molar-refractivity contribution in [1.82, 2.24) is 0 Å². The summed E-state index contributed by atoms with van der Waals surface area (Å²) in [5.41, 5.74) is 4.11. The summed E-state index contributed by atoms with van der Waals surface area (Å²) in [6.45, 7) is 13.9. The van der Waals surface area contributed by atoms with E-state index in [9.17, 15) is 0 Å². The second-order valence-electron chi connectivity index (χ2n) is 9.56. The predicted octanol–water partition coefficient (Wildman–Crippen LogP) is 7.07. The van der Waals surface area contributed by atoms with Crippen LogP contribution in [0.1, 0.15) is 20.8 Å². The molecule has 0 saturated carbocycles. The molecular formula is C25H29NOSi. The minimum absolute atomic E-state index is 0.0893. The van der Waals surface area contributed by atoms with Crippen LogP contribution in [0.25, 0.3) is 21.9 Å². The largest absolute Gasteiger partial charge is 0.454 e. The van der Waals surface area contributed by atoms with Gasteiger partial charge in [-0.2, -0.15) is 0 Å². The number of anilines is 2. The minimum atomic E-state index is -1.32. The molecule has 3 aromatic carbocycles. The minimum Gasteiger partial charge on any atom is -0.454 e. The highest BCUT2D eigenvalue weighted by Crippen LogP contribution is 2.41. The molecule has 2 nitrogen and oxygen atoms in total. The number of rotatable bonds is 3. The fraction of sp³-hybridized carbons (Fsp3) is 0.280. The molecule has 3 heteroatoms. The van der Waals surface area contributed by atoms with Gasteiger partial charge in [-0.1, -0.05) is 67.3 Å². The van der Waals surface area contributed by atoms with Gasteiger partial charge in [0.2, 0.25) is 0 Å². The van der Waals surface area contributed by atoms with Crippen molar-refractivity contribution in [1.29, 1.82) is 0 Å². The monoisotopic (exact) mass is 387 g/mol. The van der Waals surface area contributed by atoms with Crippen LogP contribution in [0.15, 0.2) is 71.1 Å². The Morgan fingerprint density at radius 1 is 0.750 bits per heavy atom. The van der Waals surface area contributed by atoms with Gasteiger partial charge in [-0.05, 0) is 45.0 Å². The molecule has 28 heavy (non-hydrogen) atoms. The molecule has 4 aromatic rings. The number of benzene rings is 3. The number of nitrogens with zero attached hydrogens (tertiary/aromatic N) is 1. The lowest BCUT2D eigenvalue weighted by atomic mass is 10.0. The van der Waals surface area contributed by atoms with Crippen molar-refractivity contribution in [3.05, 3.63) is 66.7 Å². The van der Waals surface area contributed by atoms with Crippen LogP contribution in [0.2, 0.25) is 19.6 Å². The average Bonchev–Trinajstić information content (AvgIpc) is 3.00. The van der Waals surface area contributed by atoms with Gasteiger partial charge in [-0.3, -0.25) is 0 Å². The van der Waals surface area contributed by atoms with Gasteiger partial charge in [0.25, 0.3) is 0 Å². The second kappa shape index (κ2) is 6.52. The van der Waals surface area contributed by atoms with E-state index in [1.165, 1.54) is 21.6 Å². The summed E-state index contributed by atoms with van der Waals surface area (Å²) in [5, 5.41) is 3.82. The molecule has 0 aliphatic rings. The predicted molar refractivity (Wildman–Crippen MR) is 125 cm³/mol. The fourth-order valence-corrected chi connectivity index (χ4v) is 5.07. The molecule has 0 aliphatic heterocycles. The van der Waals surface area contributed by atoms with Gasteiger partial charge in [0, 0.05) is 22.0 Å². The Labute approximate surface area is 168 Å². The average molecular weight is 388 g/mol. The van der Waals surface area contributed by atoms with Gasteiger partial charge in [0.05, 0.1) is 13.8 Å². The first kappa shape index (κ1) is 18.8. The molecule has 0 atom stereocenters. The smallest absolute Gasteiger partial charge is 0.159 e. The summed E-state index contributed by atoms with van der Waals surface area (Å²) in [6, 6.07) is 23.9. The van der Waals surface area contributed by atoms with Crippen LogP contribution in [0.5, 0.6) is 0 Å². The quantitative estimate of drug-likeness (QED) is 0.350. The molecule has 144 valence electrons. The van der Waals surface area contributed by atoms with Gasteiger partial charge in [-0.25, -0.2) is 0 Å². The Kier molecular flexibility index (Phi) is 4.39. The lowest BCUT2D eigenvalue weighted by molar-refractivity contribution is 0.557. The van der Waals surface area contributed by atoms with Gasteiger partial charge in [0.1, 0.15) is 5.58 Å². The van der Waals surface area contributed by atoms with Gasteiger partial charge < -0.3 is 9.32 Å².